The minimum absolute atomic E-state index is 0.588. The second-order valence-electron chi connectivity index (χ2n) is 5.46. The van der Waals surface area contributed by atoms with Gasteiger partial charge in [-0.15, -0.1) is 5.10 Å². The Hall–Kier alpha value is -2.79. The van der Waals surface area contributed by atoms with Crippen molar-refractivity contribution in [2.45, 2.75) is 19.8 Å². The van der Waals surface area contributed by atoms with E-state index in [4.69, 9.17) is 11.6 Å². The zero-order valence-corrected chi connectivity index (χ0v) is 14.6. The highest BCUT2D eigenvalue weighted by Gasteiger charge is 2.09. The molecule has 0 aliphatic heterocycles. The predicted octanol–water partition coefficient (Wildman–Crippen LogP) is 4.81. The van der Waals surface area contributed by atoms with Crippen molar-refractivity contribution in [3.8, 4) is 11.4 Å². The maximum atomic E-state index is 6.01. The van der Waals surface area contributed by atoms with Gasteiger partial charge in [0.05, 0.1) is 17.6 Å². The molecule has 0 aliphatic rings. The number of nitrogens with zero attached hydrogens (tertiary/aromatic N) is 4. The van der Waals surface area contributed by atoms with Crippen molar-refractivity contribution in [1.29, 1.82) is 0 Å². The van der Waals surface area contributed by atoms with Gasteiger partial charge in [0.15, 0.2) is 5.82 Å². The van der Waals surface area contributed by atoms with Crippen LogP contribution in [0.3, 0.4) is 0 Å². The highest BCUT2D eigenvalue weighted by atomic mass is 35.5. The van der Waals surface area contributed by atoms with Crippen LogP contribution in [0, 0.1) is 0 Å². The lowest BCUT2D eigenvalue weighted by atomic mass is 10.1. The Bertz CT molecular complexity index is 864. The quantitative estimate of drug-likeness (QED) is 0.511. The number of aromatic nitrogens is 3. The third kappa shape index (κ3) is 4.61. The van der Waals surface area contributed by atoms with E-state index in [9.17, 15) is 0 Å². The highest BCUT2D eigenvalue weighted by Crippen LogP contribution is 2.16. The van der Waals surface area contributed by atoms with E-state index < -0.39 is 0 Å². The normalized spacial score (nSPS) is 11.4. The standard InChI is InChI=1S/C19H18ClN5/c1-2-7-17(24-23-16-11-6-10-15(20)12-16)18-13-21-25-19(22-18)14-8-4-3-5-9-14/h3-6,8-13,23H,2,7H2,1H3/b24-17-. The Kier molecular flexibility index (Phi) is 5.69. The first kappa shape index (κ1) is 17.0. The third-order valence-electron chi connectivity index (χ3n) is 3.52. The van der Waals surface area contributed by atoms with Crippen molar-refractivity contribution in [3.63, 3.8) is 0 Å². The largest absolute Gasteiger partial charge is 0.278 e. The van der Waals surface area contributed by atoms with Crippen molar-refractivity contribution in [2.75, 3.05) is 5.43 Å². The third-order valence-corrected chi connectivity index (χ3v) is 3.75. The number of nitrogens with one attached hydrogen (secondary N) is 1. The molecular formula is C19H18ClN5. The topological polar surface area (TPSA) is 63.1 Å². The Balaban J connectivity index is 1.89. The first-order valence-corrected chi connectivity index (χ1v) is 8.47. The Morgan fingerprint density at radius 1 is 1.12 bits per heavy atom. The Labute approximate surface area is 151 Å². The molecule has 0 spiro atoms. The van der Waals surface area contributed by atoms with E-state index in [1.165, 1.54) is 0 Å². The molecular weight excluding hydrogens is 334 g/mol. The van der Waals surface area contributed by atoms with Crippen LogP contribution in [-0.2, 0) is 0 Å². The van der Waals surface area contributed by atoms with Gasteiger partial charge in [0.1, 0.15) is 5.69 Å². The van der Waals surface area contributed by atoms with Gasteiger partial charge in [-0.05, 0) is 24.6 Å². The molecule has 0 unspecified atom stereocenters. The molecule has 25 heavy (non-hydrogen) atoms. The molecule has 0 bridgehead atoms. The Morgan fingerprint density at radius 3 is 2.72 bits per heavy atom. The first-order valence-electron chi connectivity index (χ1n) is 8.10. The molecule has 0 saturated carbocycles. The lowest BCUT2D eigenvalue weighted by molar-refractivity contribution is 0.944. The minimum Gasteiger partial charge on any atom is -0.278 e. The SMILES string of the molecule is CCC/C(=N/Nc1cccc(Cl)c1)c1cnnc(-c2ccccc2)n1. The zero-order chi connectivity index (χ0) is 17.5. The number of halogens is 1. The van der Waals surface area contributed by atoms with Gasteiger partial charge in [0, 0.05) is 10.6 Å². The summed E-state index contributed by atoms with van der Waals surface area (Å²) in [5.74, 6) is 0.588. The van der Waals surface area contributed by atoms with E-state index in [0.717, 1.165) is 29.8 Å². The summed E-state index contributed by atoms with van der Waals surface area (Å²) in [7, 11) is 0. The van der Waals surface area contributed by atoms with Crippen LogP contribution in [-0.4, -0.2) is 20.9 Å². The van der Waals surface area contributed by atoms with Crippen molar-refractivity contribution in [2.24, 2.45) is 5.10 Å². The molecule has 1 aromatic heterocycles. The van der Waals surface area contributed by atoms with Gasteiger partial charge in [-0.1, -0.05) is 61.3 Å². The van der Waals surface area contributed by atoms with E-state index >= 15 is 0 Å². The molecule has 3 rings (SSSR count). The second kappa shape index (κ2) is 8.35. The number of benzene rings is 2. The van der Waals surface area contributed by atoms with Crippen LogP contribution in [0.4, 0.5) is 5.69 Å². The van der Waals surface area contributed by atoms with Gasteiger partial charge < -0.3 is 0 Å². The van der Waals surface area contributed by atoms with E-state index in [1.54, 1.807) is 6.20 Å². The van der Waals surface area contributed by atoms with E-state index in [1.807, 2.05) is 54.6 Å². The number of hydrogen-bond acceptors (Lipinski definition) is 5. The lowest BCUT2D eigenvalue weighted by Crippen LogP contribution is -2.09. The highest BCUT2D eigenvalue weighted by molar-refractivity contribution is 6.30. The summed E-state index contributed by atoms with van der Waals surface area (Å²) in [5.41, 5.74) is 6.34. The van der Waals surface area contributed by atoms with Gasteiger partial charge in [0.25, 0.3) is 0 Å². The summed E-state index contributed by atoms with van der Waals surface area (Å²) >= 11 is 6.01. The molecule has 0 fully saturated rings. The average Bonchev–Trinajstić information content (AvgIpc) is 2.66. The molecule has 6 heteroatoms. The maximum Gasteiger partial charge on any atom is 0.182 e. The van der Waals surface area contributed by atoms with Crippen LogP contribution in [0.25, 0.3) is 11.4 Å². The molecule has 5 nitrogen and oxygen atoms in total. The predicted molar refractivity (Wildman–Crippen MR) is 102 cm³/mol. The molecule has 0 radical (unpaired) electrons. The van der Waals surface area contributed by atoms with Crippen LogP contribution >= 0.6 is 11.6 Å². The summed E-state index contributed by atoms with van der Waals surface area (Å²) in [5, 5.41) is 13.4. The summed E-state index contributed by atoms with van der Waals surface area (Å²) in [6, 6.07) is 17.2. The van der Waals surface area contributed by atoms with Crippen LogP contribution in [0.2, 0.25) is 5.02 Å². The number of anilines is 1. The van der Waals surface area contributed by atoms with Crippen LogP contribution in [0.1, 0.15) is 25.5 Å². The van der Waals surface area contributed by atoms with Gasteiger partial charge in [-0.25, -0.2) is 4.98 Å². The maximum absolute atomic E-state index is 6.01. The molecule has 3 aromatic rings. The van der Waals surface area contributed by atoms with Crippen molar-refractivity contribution in [3.05, 3.63) is 71.5 Å². The number of hydrazone groups is 1. The van der Waals surface area contributed by atoms with Crippen LogP contribution < -0.4 is 5.43 Å². The monoisotopic (exact) mass is 351 g/mol. The molecule has 0 aliphatic carbocycles. The first-order chi connectivity index (χ1) is 12.3. The summed E-state index contributed by atoms with van der Waals surface area (Å²) in [6.45, 7) is 2.10. The fourth-order valence-corrected chi connectivity index (χ4v) is 2.51. The van der Waals surface area contributed by atoms with Gasteiger partial charge in [0.2, 0.25) is 0 Å². The second-order valence-corrected chi connectivity index (χ2v) is 5.90. The molecule has 0 amide bonds. The Morgan fingerprint density at radius 2 is 1.96 bits per heavy atom. The average molecular weight is 352 g/mol. The van der Waals surface area contributed by atoms with Crippen molar-refractivity contribution < 1.29 is 0 Å². The smallest absolute Gasteiger partial charge is 0.182 e. The molecule has 1 N–H and O–H groups in total. The summed E-state index contributed by atoms with van der Waals surface area (Å²) in [4.78, 5) is 4.62. The van der Waals surface area contributed by atoms with E-state index in [-0.39, 0.29) is 0 Å². The van der Waals surface area contributed by atoms with Crippen LogP contribution in [0.5, 0.6) is 0 Å². The van der Waals surface area contributed by atoms with Crippen molar-refractivity contribution in [1.82, 2.24) is 15.2 Å². The fraction of sp³-hybridized carbons (Fsp3) is 0.158. The van der Waals surface area contributed by atoms with E-state index in [2.05, 4.69) is 32.6 Å². The summed E-state index contributed by atoms with van der Waals surface area (Å²) in [6.07, 6.45) is 3.36. The number of rotatable bonds is 6. The van der Waals surface area contributed by atoms with Gasteiger partial charge in [-0.3, -0.25) is 5.43 Å². The van der Waals surface area contributed by atoms with E-state index in [0.29, 0.717) is 16.5 Å². The summed E-state index contributed by atoms with van der Waals surface area (Å²) < 4.78 is 0. The molecule has 126 valence electrons. The molecule has 0 saturated heterocycles. The van der Waals surface area contributed by atoms with Gasteiger partial charge in [-0.2, -0.15) is 10.2 Å². The zero-order valence-electron chi connectivity index (χ0n) is 13.9. The lowest BCUT2D eigenvalue weighted by Gasteiger charge is -2.07. The number of hydrogen-bond donors (Lipinski definition) is 1. The van der Waals surface area contributed by atoms with Crippen molar-refractivity contribution >= 4 is 23.0 Å². The molecule has 1 heterocycles. The van der Waals surface area contributed by atoms with Crippen LogP contribution in [0.15, 0.2) is 65.9 Å². The van der Waals surface area contributed by atoms with Gasteiger partial charge >= 0.3 is 0 Å². The molecule has 2 aromatic carbocycles. The fourth-order valence-electron chi connectivity index (χ4n) is 2.32. The molecule has 0 atom stereocenters. The minimum atomic E-state index is 0.588.